The van der Waals surface area contributed by atoms with E-state index in [-0.39, 0.29) is 11.9 Å². The van der Waals surface area contributed by atoms with E-state index < -0.39 is 0 Å². The topological polar surface area (TPSA) is 80.9 Å². The largest absolute Gasteiger partial charge is 0.340 e. The van der Waals surface area contributed by atoms with Gasteiger partial charge < -0.3 is 9.84 Å². The maximum Gasteiger partial charge on any atom is 0.252 e. The molecule has 0 saturated carbocycles. The summed E-state index contributed by atoms with van der Waals surface area (Å²) in [6.45, 7) is 7.60. The summed E-state index contributed by atoms with van der Waals surface area (Å²) >= 11 is 0. The lowest BCUT2D eigenvalue weighted by Gasteiger charge is -2.15. The predicted octanol–water partition coefficient (Wildman–Crippen LogP) is 3.42. The fourth-order valence-electron chi connectivity index (χ4n) is 2.74. The number of fused-ring (bicyclic) bond motifs is 1. The molecule has 1 atom stereocenters. The van der Waals surface area contributed by atoms with Crippen molar-refractivity contribution in [2.75, 3.05) is 0 Å². The fraction of sp³-hybridized carbons (Fsp3) is 0.333. The van der Waals surface area contributed by atoms with Crippen LogP contribution in [0.25, 0.3) is 10.9 Å². The van der Waals surface area contributed by atoms with Crippen molar-refractivity contribution in [3.63, 3.8) is 0 Å². The highest BCUT2D eigenvalue weighted by molar-refractivity contribution is 6.06. The zero-order valence-corrected chi connectivity index (χ0v) is 14.3. The molecule has 0 saturated heterocycles. The third-order valence-electron chi connectivity index (χ3n) is 3.97. The summed E-state index contributed by atoms with van der Waals surface area (Å²) in [5.41, 5.74) is 3.31. The number of pyridine rings is 1. The molecule has 1 aromatic carbocycles. The molecule has 3 rings (SSSR count). The average molecular weight is 324 g/mol. The van der Waals surface area contributed by atoms with Crippen molar-refractivity contribution in [3.8, 4) is 0 Å². The van der Waals surface area contributed by atoms with Crippen LogP contribution in [0.3, 0.4) is 0 Å². The summed E-state index contributed by atoms with van der Waals surface area (Å²) in [4.78, 5) is 21.6. The van der Waals surface area contributed by atoms with Crippen LogP contribution >= 0.6 is 0 Å². The molecule has 0 aliphatic carbocycles. The van der Waals surface area contributed by atoms with Gasteiger partial charge in [-0.15, -0.1) is 0 Å². The summed E-state index contributed by atoms with van der Waals surface area (Å²) in [6, 6.07) is 7.34. The molecule has 24 heavy (non-hydrogen) atoms. The van der Waals surface area contributed by atoms with Crippen molar-refractivity contribution in [2.45, 2.75) is 40.2 Å². The SMILES string of the molecule is CC[C@H](NC(=O)c1cc(C)nc2c(C)cccc12)c1nc(C)no1. The van der Waals surface area contributed by atoms with Gasteiger partial charge >= 0.3 is 0 Å². The first-order valence-corrected chi connectivity index (χ1v) is 7.97. The molecular formula is C18H20N4O2. The van der Waals surface area contributed by atoms with Crippen molar-refractivity contribution in [1.29, 1.82) is 0 Å². The summed E-state index contributed by atoms with van der Waals surface area (Å²) in [6.07, 6.45) is 0.661. The van der Waals surface area contributed by atoms with E-state index in [2.05, 4.69) is 20.4 Å². The molecule has 2 heterocycles. The monoisotopic (exact) mass is 324 g/mol. The maximum atomic E-state index is 12.8. The second-order valence-corrected chi connectivity index (χ2v) is 5.90. The number of nitrogens with zero attached hydrogens (tertiary/aromatic N) is 3. The zero-order valence-electron chi connectivity index (χ0n) is 14.3. The van der Waals surface area contributed by atoms with Crippen molar-refractivity contribution < 1.29 is 9.32 Å². The number of rotatable bonds is 4. The third kappa shape index (κ3) is 2.99. The first-order chi connectivity index (χ1) is 11.5. The molecule has 2 aromatic heterocycles. The van der Waals surface area contributed by atoms with Crippen LogP contribution in [0.1, 0.15) is 52.7 Å². The quantitative estimate of drug-likeness (QED) is 0.795. The highest BCUT2D eigenvalue weighted by Crippen LogP contribution is 2.23. The van der Waals surface area contributed by atoms with Gasteiger partial charge in [-0.25, -0.2) is 0 Å². The fourth-order valence-corrected chi connectivity index (χ4v) is 2.74. The standard InChI is InChI=1S/C18H20N4O2/c1-5-15(18-20-12(4)22-24-18)21-17(23)14-9-11(3)19-16-10(2)7-6-8-13(14)16/h6-9,15H,5H2,1-4H3,(H,21,23)/t15-/m0/s1. The van der Waals surface area contributed by atoms with E-state index in [9.17, 15) is 4.79 Å². The summed E-state index contributed by atoms with van der Waals surface area (Å²) in [7, 11) is 0. The minimum absolute atomic E-state index is 0.168. The molecule has 0 radical (unpaired) electrons. The Hall–Kier alpha value is -2.76. The van der Waals surface area contributed by atoms with E-state index >= 15 is 0 Å². The lowest BCUT2D eigenvalue weighted by atomic mass is 10.0. The molecule has 3 aromatic rings. The first-order valence-electron chi connectivity index (χ1n) is 7.97. The Morgan fingerprint density at radius 3 is 2.71 bits per heavy atom. The minimum Gasteiger partial charge on any atom is -0.340 e. The normalized spacial score (nSPS) is 12.3. The van der Waals surface area contributed by atoms with Gasteiger partial charge in [0.25, 0.3) is 5.91 Å². The molecule has 1 N–H and O–H groups in total. The van der Waals surface area contributed by atoms with Gasteiger partial charge in [-0.05, 0) is 38.8 Å². The number of para-hydroxylation sites is 1. The Bertz CT molecular complexity index is 901. The van der Waals surface area contributed by atoms with E-state index in [1.165, 1.54) is 0 Å². The van der Waals surface area contributed by atoms with Crippen LogP contribution in [0.4, 0.5) is 0 Å². The van der Waals surface area contributed by atoms with Crippen molar-refractivity contribution in [2.24, 2.45) is 0 Å². The predicted molar refractivity (Wildman–Crippen MR) is 90.8 cm³/mol. The molecule has 1 amide bonds. The Balaban J connectivity index is 1.98. The van der Waals surface area contributed by atoms with E-state index in [0.29, 0.717) is 23.7 Å². The van der Waals surface area contributed by atoms with Crippen LogP contribution in [0.15, 0.2) is 28.8 Å². The van der Waals surface area contributed by atoms with Crippen LogP contribution in [0.2, 0.25) is 0 Å². The molecule has 0 fully saturated rings. The molecule has 6 nitrogen and oxygen atoms in total. The highest BCUT2D eigenvalue weighted by atomic mass is 16.5. The second-order valence-electron chi connectivity index (χ2n) is 5.90. The number of aryl methyl sites for hydroxylation is 3. The van der Waals surface area contributed by atoms with E-state index in [4.69, 9.17) is 4.52 Å². The molecule has 0 spiro atoms. The van der Waals surface area contributed by atoms with Gasteiger partial charge in [0.1, 0.15) is 6.04 Å². The zero-order chi connectivity index (χ0) is 17.3. The third-order valence-corrected chi connectivity index (χ3v) is 3.97. The van der Waals surface area contributed by atoms with Crippen molar-refractivity contribution >= 4 is 16.8 Å². The van der Waals surface area contributed by atoms with Crippen LogP contribution in [0.5, 0.6) is 0 Å². The lowest BCUT2D eigenvalue weighted by molar-refractivity contribution is 0.0928. The second kappa shape index (κ2) is 6.39. The molecule has 0 bridgehead atoms. The number of amides is 1. The molecule has 6 heteroatoms. The van der Waals surface area contributed by atoms with Gasteiger partial charge in [-0.1, -0.05) is 30.3 Å². The first kappa shape index (κ1) is 16.1. The number of nitrogens with one attached hydrogen (secondary N) is 1. The van der Waals surface area contributed by atoms with E-state index in [1.54, 1.807) is 6.92 Å². The molecule has 124 valence electrons. The van der Waals surface area contributed by atoms with Crippen molar-refractivity contribution in [1.82, 2.24) is 20.4 Å². The summed E-state index contributed by atoms with van der Waals surface area (Å²) < 4.78 is 5.20. The number of benzene rings is 1. The Morgan fingerprint density at radius 2 is 2.04 bits per heavy atom. The van der Waals surface area contributed by atoms with E-state index in [0.717, 1.165) is 22.2 Å². The minimum atomic E-state index is -0.313. The lowest BCUT2D eigenvalue weighted by Crippen LogP contribution is -2.28. The van der Waals surface area contributed by atoms with Gasteiger partial charge in [-0.3, -0.25) is 9.78 Å². The molecule has 0 aliphatic rings. The van der Waals surface area contributed by atoms with Crippen LogP contribution in [0, 0.1) is 20.8 Å². The highest BCUT2D eigenvalue weighted by Gasteiger charge is 2.21. The number of carbonyl (C=O) groups excluding carboxylic acids is 1. The van der Waals surface area contributed by atoms with Crippen LogP contribution < -0.4 is 5.32 Å². The van der Waals surface area contributed by atoms with Gasteiger partial charge in [0.05, 0.1) is 11.1 Å². The van der Waals surface area contributed by atoms with Gasteiger partial charge in [0, 0.05) is 11.1 Å². The summed E-state index contributed by atoms with van der Waals surface area (Å²) in [5.74, 6) is 0.812. The molecule has 0 unspecified atom stereocenters. The van der Waals surface area contributed by atoms with Gasteiger partial charge in [0.15, 0.2) is 5.82 Å². The Morgan fingerprint density at radius 1 is 1.25 bits per heavy atom. The number of carbonyl (C=O) groups is 1. The average Bonchev–Trinajstić information content (AvgIpc) is 2.99. The Kier molecular flexibility index (Phi) is 4.29. The number of aromatic nitrogens is 3. The molecular weight excluding hydrogens is 304 g/mol. The number of hydrogen-bond donors (Lipinski definition) is 1. The van der Waals surface area contributed by atoms with E-state index in [1.807, 2.05) is 45.0 Å². The summed E-state index contributed by atoms with van der Waals surface area (Å²) in [5, 5.41) is 7.62. The smallest absolute Gasteiger partial charge is 0.252 e. The molecule has 0 aliphatic heterocycles. The van der Waals surface area contributed by atoms with Gasteiger partial charge in [-0.2, -0.15) is 4.98 Å². The number of hydrogen-bond acceptors (Lipinski definition) is 5. The van der Waals surface area contributed by atoms with Crippen molar-refractivity contribution in [3.05, 3.63) is 52.8 Å². The maximum absolute atomic E-state index is 12.8. The van der Waals surface area contributed by atoms with Crippen LogP contribution in [-0.4, -0.2) is 21.0 Å². The van der Waals surface area contributed by atoms with Crippen LogP contribution in [-0.2, 0) is 0 Å². The van der Waals surface area contributed by atoms with Gasteiger partial charge in [0.2, 0.25) is 5.89 Å². The Labute approximate surface area is 140 Å².